The molecule has 0 bridgehead atoms. The first kappa shape index (κ1) is 11.9. The van der Waals surface area contributed by atoms with Gasteiger partial charge in [0.15, 0.2) is 11.5 Å². The third-order valence-electron chi connectivity index (χ3n) is 1.94. The van der Waals surface area contributed by atoms with Crippen LogP contribution in [0, 0.1) is 0 Å². The molecule has 5 heteroatoms. The molecule has 0 radical (unpaired) electrons. The first-order chi connectivity index (χ1) is 8.16. The van der Waals surface area contributed by atoms with Gasteiger partial charge in [-0.2, -0.15) is 9.79 Å². The van der Waals surface area contributed by atoms with E-state index in [-0.39, 0.29) is 0 Å². The van der Waals surface area contributed by atoms with Crippen molar-refractivity contribution in [2.45, 2.75) is 0 Å². The average Bonchev–Trinajstić information content (AvgIpc) is 2.30. The van der Waals surface area contributed by atoms with Crippen LogP contribution >= 0.6 is 8.17 Å². The largest absolute Gasteiger partial charge is 0.663 e. The lowest BCUT2D eigenvalue weighted by Gasteiger charge is -2.10. The van der Waals surface area contributed by atoms with Crippen molar-refractivity contribution in [2.75, 3.05) is 0 Å². The molecule has 0 aliphatic rings. The van der Waals surface area contributed by atoms with Crippen LogP contribution in [0.15, 0.2) is 60.7 Å². The third-order valence-corrected chi connectivity index (χ3v) is 2.83. The second-order valence-electron chi connectivity index (χ2n) is 3.30. The molecule has 17 heavy (non-hydrogen) atoms. The fourth-order valence-electron chi connectivity index (χ4n) is 1.26. The summed E-state index contributed by atoms with van der Waals surface area (Å²) >= 11 is 0. The zero-order valence-corrected chi connectivity index (χ0v) is 9.83. The second kappa shape index (κ2) is 5.15. The van der Waals surface area contributed by atoms with Crippen LogP contribution in [0.25, 0.3) is 0 Å². The third kappa shape index (κ3) is 3.71. The van der Waals surface area contributed by atoms with Crippen LogP contribution in [-0.2, 0) is 0 Å². The minimum Gasteiger partial charge on any atom is -0.254 e. The Balaban J connectivity index is 2.04. The monoisotopic (exact) mass is 251 g/mol. The van der Waals surface area contributed by atoms with Crippen molar-refractivity contribution in [3.63, 3.8) is 0 Å². The number of para-hydroxylation sites is 2. The van der Waals surface area contributed by atoms with E-state index in [4.69, 9.17) is 9.05 Å². The minimum atomic E-state index is -3.89. The van der Waals surface area contributed by atoms with Crippen LogP contribution in [0.1, 0.15) is 0 Å². The standard InChI is InChI=1S/C12H12O4P/c13-17(14,15-11-7-3-1-4-8-11)16-12-9-5-2-6-10-12/h1-10,13-14H/q+1. The van der Waals surface area contributed by atoms with E-state index in [2.05, 4.69) is 0 Å². The molecule has 2 rings (SSSR count). The van der Waals surface area contributed by atoms with Crippen molar-refractivity contribution in [2.24, 2.45) is 0 Å². The summed E-state index contributed by atoms with van der Waals surface area (Å²) in [7, 11) is -3.89. The molecule has 0 unspecified atom stereocenters. The van der Waals surface area contributed by atoms with E-state index in [0.29, 0.717) is 11.5 Å². The van der Waals surface area contributed by atoms with E-state index in [0.717, 1.165) is 0 Å². The topological polar surface area (TPSA) is 58.9 Å². The highest BCUT2D eigenvalue weighted by Crippen LogP contribution is 2.51. The molecule has 2 N–H and O–H groups in total. The van der Waals surface area contributed by atoms with E-state index in [1.165, 1.54) is 0 Å². The summed E-state index contributed by atoms with van der Waals surface area (Å²) < 4.78 is 10.0. The Morgan fingerprint density at radius 3 is 1.35 bits per heavy atom. The molecule has 0 aliphatic carbocycles. The zero-order chi connectivity index (χ0) is 12.1. The normalized spacial score (nSPS) is 10.9. The molecule has 0 spiro atoms. The average molecular weight is 251 g/mol. The first-order valence-corrected chi connectivity index (χ1v) is 6.53. The summed E-state index contributed by atoms with van der Waals surface area (Å²) in [6.07, 6.45) is 0. The summed E-state index contributed by atoms with van der Waals surface area (Å²) in [6, 6.07) is 17.0. The van der Waals surface area contributed by atoms with Crippen molar-refractivity contribution in [3.8, 4) is 11.5 Å². The van der Waals surface area contributed by atoms with Gasteiger partial charge in [-0.15, -0.1) is 0 Å². The molecule has 0 aromatic heterocycles. The molecule has 0 atom stereocenters. The summed E-state index contributed by atoms with van der Waals surface area (Å²) in [4.78, 5) is 19.3. The Hall–Kier alpha value is -1.61. The highest BCUT2D eigenvalue weighted by Gasteiger charge is 2.42. The fourth-order valence-corrected chi connectivity index (χ4v) is 2.09. The Morgan fingerprint density at radius 2 is 1.00 bits per heavy atom. The fraction of sp³-hybridized carbons (Fsp3) is 0. The molecule has 0 aliphatic heterocycles. The molecule has 88 valence electrons. The molecule has 2 aromatic rings. The number of hydrogen-bond donors (Lipinski definition) is 2. The maximum absolute atomic E-state index is 9.64. The highest BCUT2D eigenvalue weighted by atomic mass is 31.2. The summed E-state index contributed by atoms with van der Waals surface area (Å²) in [6.45, 7) is 0. The minimum absolute atomic E-state index is 0.349. The molecule has 0 saturated heterocycles. The van der Waals surface area contributed by atoms with Crippen LogP contribution < -0.4 is 9.05 Å². The van der Waals surface area contributed by atoms with Crippen molar-refractivity contribution >= 4 is 8.17 Å². The molecular formula is C12H12O4P+. The van der Waals surface area contributed by atoms with Crippen LogP contribution in [0.5, 0.6) is 11.5 Å². The first-order valence-electron chi connectivity index (χ1n) is 4.99. The van der Waals surface area contributed by atoms with Crippen molar-refractivity contribution in [3.05, 3.63) is 60.7 Å². The van der Waals surface area contributed by atoms with Gasteiger partial charge in [-0.3, -0.25) is 9.05 Å². The SMILES string of the molecule is O[P+](O)(Oc1ccccc1)Oc1ccccc1. The Kier molecular flexibility index (Phi) is 3.59. The summed E-state index contributed by atoms with van der Waals surface area (Å²) in [5.41, 5.74) is 0. The van der Waals surface area contributed by atoms with E-state index in [1.807, 2.05) is 0 Å². The molecule has 0 fully saturated rings. The van der Waals surface area contributed by atoms with Gasteiger partial charge >= 0.3 is 8.17 Å². The van der Waals surface area contributed by atoms with Crippen LogP contribution in [0.2, 0.25) is 0 Å². The van der Waals surface area contributed by atoms with Crippen molar-refractivity contribution in [1.29, 1.82) is 0 Å². The second-order valence-corrected chi connectivity index (χ2v) is 4.65. The van der Waals surface area contributed by atoms with Crippen molar-refractivity contribution in [1.82, 2.24) is 0 Å². The van der Waals surface area contributed by atoms with E-state index in [1.54, 1.807) is 60.7 Å². The molecule has 0 amide bonds. The van der Waals surface area contributed by atoms with Gasteiger partial charge in [-0.1, -0.05) is 36.4 Å². The number of hydrogen-bond acceptors (Lipinski definition) is 4. The smallest absolute Gasteiger partial charge is 0.254 e. The lowest BCUT2D eigenvalue weighted by Crippen LogP contribution is -2.06. The Morgan fingerprint density at radius 1 is 0.647 bits per heavy atom. The van der Waals surface area contributed by atoms with Crippen LogP contribution in [0.3, 0.4) is 0 Å². The number of benzene rings is 2. The van der Waals surface area contributed by atoms with Gasteiger partial charge in [0, 0.05) is 0 Å². The molecule has 0 saturated carbocycles. The van der Waals surface area contributed by atoms with Gasteiger partial charge in [0.05, 0.1) is 0 Å². The summed E-state index contributed by atoms with van der Waals surface area (Å²) in [5, 5.41) is 0. The van der Waals surface area contributed by atoms with Gasteiger partial charge in [0.1, 0.15) is 0 Å². The molecular weight excluding hydrogens is 239 g/mol. The van der Waals surface area contributed by atoms with Gasteiger partial charge in [-0.25, -0.2) is 0 Å². The maximum Gasteiger partial charge on any atom is 0.663 e. The van der Waals surface area contributed by atoms with E-state index in [9.17, 15) is 9.79 Å². The predicted octanol–water partition coefficient (Wildman–Crippen LogP) is 2.81. The Bertz CT molecular complexity index is 415. The van der Waals surface area contributed by atoms with Gasteiger partial charge in [-0.05, 0) is 24.3 Å². The van der Waals surface area contributed by atoms with E-state index >= 15 is 0 Å². The molecule has 4 nitrogen and oxygen atoms in total. The van der Waals surface area contributed by atoms with Gasteiger partial charge in [0.25, 0.3) is 0 Å². The van der Waals surface area contributed by atoms with E-state index < -0.39 is 8.17 Å². The lowest BCUT2D eigenvalue weighted by atomic mass is 10.3. The summed E-state index contributed by atoms with van der Waals surface area (Å²) in [5.74, 6) is 0.698. The van der Waals surface area contributed by atoms with Crippen LogP contribution in [0.4, 0.5) is 0 Å². The van der Waals surface area contributed by atoms with Crippen molar-refractivity contribution < 1.29 is 18.8 Å². The highest BCUT2D eigenvalue weighted by molar-refractivity contribution is 7.55. The zero-order valence-electron chi connectivity index (χ0n) is 8.93. The lowest BCUT2D eigenvalue weighted by molar-refractivity contribution is 0.246. The quantitative estimate of drug-likeness (QED) is 0.820. The van der Waals surface area contributed by atoms with Crippen LogP contribution in [-0.4, -0.2) is 9.79 Å². The predicted molar refractivity (Wildman–Crippen MR) is 65.5 cm³/mol. The number of rotatable bonds is 4. The maximum atomic E-state index is 9.64. The molecule has 0 heterocycles. The van der Waals surface area contributed by atoms with Gasteiger partial charge in [0.2, 0.25) is 0 Å². The Labute approximate surface area is 99.7 Å². The molecule has 2 aromatic carbocycles. The van der Waals surface area contributed by atoms with Gasteiger partial charge < -0.3 is 0 Å².